The number of rotatable bonds is 7. The molecule has 19 heavy (non-hydrogen) atoms. The first-order chi connectivity index (χ1) is 8.92. The van der Waals surface area contributed by atoms with Gasteiger partial charge in [-0.2, -0.15) is 0 Å². The van der Waals surface area contributed by atoms with Crippen LogP contribution in [0.2, 0.25) is 0 Å². The predicted molar refractivity (Wildman–Crippen MR) is 77.5 cm³/mol. The van der Waals surface area contributed by atoms with Crippen LogP contribution in [0, 0.1) is 0 Å². The van der Waals surface area contributed by atoms with Gasteiger partial charge in [0.15, 0.2) is 0 Å². The molecule has 1 rings (SSSR count). The molecule has 0 radical (unpaired) electrons. The first kappa shape index (κ1) is 16.4. The molecular formula is C14H29N3O2. The predicted octanol–water partition coefficient (Wildman–Crippen LogP) is 0.855. The van der Waals surface area contributed by atoms with Gasteiger partial charge < -0.3 is 15.3 Å². The monoisotopic (exact) mass is 271 g/mol. The lowest BCUT2D eigenvalue weighted by molar-refractivity contribution is -0.144. The number of hydrogen-bond acceptors (Lipinski definition) is 4. The number of aliphatic carboxylic acids is 1. The number of piperazine rings is 1. The van der Waals surface area contributed by atoms with Gasteiger partial charge in [0.2, 0.25) is 0 Å². The molecule has 0 aromatic heterocycles. The van der Waals surface area contributed by atoms with Crippen LogP contribution < -0.4 is 5.32 Å². The lowest BCUT2D eigenvalue weighted by Crippen LogP contribution is -2.52. The highest BCUT2D eigenvalue weighted by Crippen LogP contribution is 2.14. The van der Waals surface area contributed by atoms with Gasteiger partial charge in [-0.15, -0.1) is 0 Å². The Morgan fingerprint density at radius 3 is 2.63 bits per heavy atom. The quantitative estimate of drug-likeness (QED) is 0.719. The van der Waals surface area contributed by atoms with Crippen LogP contribution in [0.15, 0.2) is 0 Å². The minimum atomic E-state index is -0.795. The van der Waals surface area contributed by atoms with E-state index in [-0.39, 0.29) is 0 Å². The Labute approximate surface area is 117 Å². The second-order valence-corrected chi connectivity index (χ2v) is 5.77. The summed E-state index contributed by atoms with van der Waals surface area (Å²) in [4.78, 5) is 16.1. The summed E-state index contributed by atoms with van der Waals surface area (Å²) in [6, 6.07) is 0.605. The fraction of sp³-hybridized carbons (Fsp3) is 0.929. The van der Waals surface area contributed by atoms with Crippen molar-refractivity contribution in [1.29, 1.82) is 0 Å². The maximum absolute atomic E-state index is 11.2. The van der Waals surface area contributed by atoms with Gasteiger partial charge in [-0.25, -0.2) is 0 Å². The van der Waals surface area contributed by atoms with E-state index in [2.05, 4.69) is 29.0 Å². The van der Waals surface area contributed by atoms with Gasteiger partial charge in [0.25, 0.3) is 0 Å². The minimum Gasteiger partial charge on any atom is -0.480 e. The molecule has 1 fully saturated rings. The molecule has 1 saturated heterocycles. The zero-order chi connectivity index (χ0) is 14.5. The molecule has 0 amide bonds. The van der Waals surface area contributed by atoms with E-state index >= 15 is 0 Å². The molecule has 5 heteroatoms. The van der Waals surface area contributed by atoms with Crippen molar-refractivity contribution in [3.05, 3.63) is 0 Å². The van der Waals surface area contributed by atoms with Crippen molar-refractivity contribution in [3.63, 3.8) is 0 Å². The number of nitrogens with zero attached hydrogens (tertiary/aromatic N) is 2. The molecule has 1 heterocycles. The van der Waals surface area contributed by atoms with Gasteiger partial charge >= 0.3 is 5.97 Å². The number of carboxylic acid groups (broad SMARTS) is 1. The normalized spacial score (nSPS) is 25.2. The van der Waals surface area contributed by atoms with E-state index in [9.17, 15) is 9.90 Å². The van der Waals surface area contributed by atoms with E-state index in [0.29, 0.717) is 12.5 Å². The molecule has 0 spiro atoms. The highest BCUT2D eigenvalue weighted by Gasteiger charge is 2.31. The molecule has 2 unspecified atom stereocenters. The molecule has 2 atom stereocenters. The van der Waals surface area contributed by atoms with Crippen LogP contribution in [0.4, 0.5) is 0 Å². The largest absolute Gasteiger partial charge is 0.480 e. The molecule has 0 saturated carbocycles. The Bertz CT molecular complexity index is 298. The van der Waals surface area contributed by atoms with Crippen molar-refractivity contribution in [1.82, 2.24) is 15.1 Å². The average molecular weight is 271 g/mol. The third-order valence-corrected chi connectivity index (χ3v) is 4.43. The summed E-state index contributed by atoms with van der Waals surface area (Å²) in [6.07, 6.45) is 1.59. The van der Waals surface area contributed by atoms with Crippen molar-refractivity contribution in [2.45, 2.75) is 45.2 Å². The zero-order valence-corrected chi connectivity index (χ0v) is 12.8. The Morgan fingerprint density at radius 2 is 2.16 bits per heavy atom. The van der Waals surface area contributed by atoms with Crippen LogP contribution in [0.25, 0.3) is 0 Å². The summed E-state index contributed by atoms with van der Waals surface area (Å²) in [5.41, 5.74) is -0.795. The fourth-order valence-corrected chi connectivity index (χ4v) is 2.74. The lowest BCUT2D eigenvalue weighted by Gasteiger charge is -2.39. The summed E-state index contributed by atoms with van der Waals surface area (Å²) in [7, 11) is 1.72. The number of hydrogen-bond donors (Lipinski definition) is 2. The Balaban J connectivity index is 2.32. The van der Waals surface area contributed by atoms with Crippen molar-refractivity contribution in [2.24, 2.45) is 0 Å². The van der Waals surface area contributed by atoms with Gasteiger partial charge in [-0.05, 0) is 46.8 Å². The molecule has 0 bridgehead atoms. The maximum atomic E-state index is 11.2. The van der Waals surface area contributed by atoms with Crippen molar-refractivity contribution in [2.75, 3.05) is 39.8 Å². The fourth-order valence-electron chi connectivity index (χ4n) is 2.74. The third-order valence-electron chi connectivity index (χ3n) is 4.43. The maximum Gasteiger partial charge on any atom is 0.323 e. The number of nitrogens with one attached hydrogen (secondary N) is 1. The van der Waals surface area contributed by atoms with Crippen LogP contribution in [0.5, 0.6) is 0 Å². The van der Waals surface area contributed by atoms with Crippen LogP contribution in [-0.4, -0.2) is 72.2 Å². The van der Waals surface area contributed by atoms with Crippen molar-refractivity contribution in [3.8, 4) is 0 Å². The SMILES string of the molecule is CCN1CCN(CCCC(C)(NC)C(=O)O)CC1C. The van der Waals surface area contributed by atoms with E-state index in [1.807, 2.05) is 0 Å². The molecule has 1 aliphatic rings. The van der Waals surface area contributed by atoms with E-state index in [4.69, 9.17) is 0 Å². The molecule has 2 N–H and O–H groups in total. The molecule has 5 nitrogen and oxygen atoms in total. The minimum absolute atomic E-state index is 0.605. The second kappa shape index (κ2) is 7.22. The summed E-state index contributed by atoms with van der Waals surface area (Å²) >= 11 is 0. The van der Waals surface area contributed by atoms with Gasteiger partial charge in [0.1, 0.15) is 5.54 Å². The summed E-state index contributed by atoms with van der Waals surface area (Å²) in [6.45, 7) is 11.7. The second-order valence-electron chi connectivity index (χ2n) is 5.77. The summed E-state index contributed by atoms with van der Waals surface area (Å²) in [5, 5.41) is 12.1. The highest BCUT2D eigenvalue weighted by atomic mass is 16.4. The van der Waals surface area contributed by atoms with Gasteiger partial charge in [-0.1, -0.05) is 6.92 Å². The standard InChI is InChI=1S/C14H29N3O2/c1-5-17-10-9-16(11-12(17)2)8-6-7-14(3,15-4)13(18)19/h12,15H,5-11H2,1-4H3,(H,18,19). The Kier molecular flexibility index (Phi) is 6.23. The Hall–Kier alpha value is -0.650. The number of carboxylic acids is 1. The number of likely N-dealkylation sites (N-methyl/N-ethyl adjacent to an activating group) is 2. The molecule has 112 valence electrons. The first-order valence-electron chi connectivity index (χ1n) is 7.31. The summed E-state index contributed by atoms with van der Waals surface area (Å²) < 4.78 is 0. The molecule has 0 aliphatic carbocycles. The van der Waals surface area contributed by atoms with Gasteiger partial charge in [-0.3, -0.25) is 9.69 Å². The Morgan fingerprint density at radius 1 is 1.47 bits per heavy atom. The molecule has 0 aromatic carbocycles. The van der Waals surface area contributed by atoms with E-state index in [1.165, 1.54) is 0 Å². The zero-order valence-electron chi connectivity index (χ0n) is 12.8. The topological polar surface area (TPSA) is 55.8 Å². The molecular weight excluding hydrogens is 242 g/mol. The summed E-state index contributed by atoms with van der Waals surface area (Å²) in [5.74, 6) is -0.765. The van der Waals surface area contributed by atoms with Gasteiger partial charge in [0, 0.05) is 25.7 Å². The van der Waals surface area contributed by atoms with Crippen LogP contribution in [0.1, 0.15) is 33.6 Å². The van der Waals surface area contributed by atoms with Crippen molar-refractivity contribution >= 4 is 5.97 Å². The van der Waals surface area contributed by atoms with Crippen LogP contribution in [0.3, 0.4) is 0 Å². The smallest absolute Gasteiger partial charge is 0.323 e. The van der Waals surface area contributed by atoms with Crippen molar-refractivity contribution < 1.29 is 9.90 Å². The average Bonchev–Trinajstić information content (AvgIpc) is 2.38. The third kappa shape index (κ3) is 4.44. The van der Waals surface area contributed by atoms with E-state index < -0.39 is 11.5 Å². The molecule has 1 aliphatic heterocycles. The number of carbonyl (C=O) groups is 1. The van der Waals surface area contributed by atoms with Gasteiger partial charge in [0.05, 0.1) is 0 Å². The van der Waals surface area contributed by atoms with Crippen LogP contribution in [-0.2, 0) is 4.79 Å². The van der Waals surface area contributed by atoms with Crippen LogP contribution >= 0.6 is 0 Å². The molecule has 0 aromatic rings. The lowest BCUT2D eigenvalue weighted by atomic mass is 9.96. The van der Waals surface area contributed by atoms with E-state index in [1.54, 1.807) is 14.0 Å². The highest BCUT2D eigenvalue weighted by molar-refractivity contribution is 5.78. The first-order valence-corrected chi connectivity index (χ1v) is 7.31. The van der Waals surface area contributed by atoms with E-state index in [0.717, 1.165) is 39.1 Å².